The Hall–Kier alpha value is -3.31. The maximum atomic E-state index is 13.3. The average molecular weight is 498 g/mol. The molecule has 1 aliphatic heterocycles. The maximum Gasteiger partial charge on any atom is 0.238 e. The highest BCUT2D eigenvalue weighted by Gasteiger charge is 2.23. The number of carbonyl (C=O) groups excluding carboxylic acids is 2. The lowest BCUT2D eigenvalue weighted by atomic mass is 10.0. The Bertz CT molecular complexity index is 1160. The molecule has 35 heavy (non-hydrogen) atoms. The number of nitrogens with one attached hydrogen (secondary N) is 1. The molecule has 9 nitrogen and oxygen atoms in total. The molecule has 0 atom stereocenters. The number of piperazine rings is 1. The molecule has 2 amide bonds. The van der Waals surface area contributed by atoms with E-state index in [1.807, 2.05) is 17.0 Å². The number of aromatic nitrogens is 4. The second-order valence-corrected chi connectivity index (χ2v) is 9.57. The third-order valence-electron chi connectivity index (χ3n) is 5.77. The molecule has 1 aromatic heterocycles. The summed E-state index contributed by atoms with van der Waals surface area (Å²) < 4.78 is 14.9. The molecule has 1 aliphatic rings. The van der Waals surface area contributed by atoms with Crippen molar-refractivity contribution in [3.05, 3.63) is 59.9 Å². The minimum Gasteiger partial charge on any atom is -0.339 e. The van der Waals surface area contributed by atoms with E-state index in [0.29, 0.717) is 42.9 Å². The molecule has 0 spiro atoms. The predicted molar refractivity (Wildman–Crippen MR) is 132 cm³/mol. The molecule has 0 radical (unpaired) electrons. The van der Waals surface area contributed by atoms with E-state index in [4.69, 9.17) is 0 Å². The Labute approximate surface area is 207 Å². The summed E-state index contributed by atoms with van der Waals surface area (Å²) in [6.45, 7) is 6.72. The zero-order valence-electron chi connectivity index (χ0n) is 19.7. The summed E-state index contributed by atoms with van der Waals surface area (Å²) in [4.78, 5) is 28.8. The van der Waals surface area contributed by atoms with Crippen LogP contribution in [0.2, 0.25) is 0 Å². The number of amides is 2. The fourth-order valence-corrected chi connectivity index (χ4v) is 4.57. The normalized spacial score (nSPS) is 14.3. The summed E-state index contributed by atoms with van der Waals surface area (Å²) in [7, 11) is 0. The molecule has 1 fully saturated rings. The van der Waals surface area contributed by atoms with E-state index in [2.05, 4.69) is 46.8 Å². The van der Waals surface area contributed by atoms with Crippen LogP contribution >= 0.6 is 11.8 Å². The zero-order valence-corrected chi connectivity index (χ0v) is 20.5. The van der Waals surface area contributed by atoms with Crippen LogP contribution in [0.5, 0.6) is 0 Å². The van der Waals surface area contributed by atoms with E-state index in [-0.39, 0.29) is 24.1 Å². The Morgan fingerprint density at radius 1 is 1.09 bits per heavy atom. The fourth-order valence-electron chi connectivity index (χ4n) is 3.77. The molecule has 1 saturated heterocycles. The van der Waals surface area contributed by atoms with Crippen LogP contribution in [-0.2, 0) is 9.59 Å². The topological polar surface area (TPSA) is 96.2 Å². The molecule has 0 saturated carbocycles. The standard InChI is InChI=1S/C24H28FN7O2S/c1-17(2)18-6-8-21(9-7-18)32-24(27-28-29-32)35-16-23(34)31-12-10-30(11-13-31)15-22(33)26-20-5-3-4-19(25)14-20/h3-9,14,17H,10-13,15-16H2,1-2H3,(H,26,33). The minimum atomic E-state index is -0.397. The Morgan fingerprint density at radius 3 is 2.51 bits per heavy atom. The summed E-state index contributed by atoms with van der Waals surface area (Å²) in [5, 5.41) is 15.2. The van der Waals surface area contributed by atoms with Crippen LogP contribution in [0, 0.1) is 5.82 Å². The van der Waals surface area contributed by atoms with E-state index < -0.39 is 5.82 Å². The quantitative estimate of drug-likeness (QED) is 0.478. The van der Waals surface area contributed by atoms with Gasteiger partial charge in [0, 0.05) is 31.9 Å². The van der Waals surface area contributed by atoms with Crippen LogP contribution in [0.25, 0.3) is 5.69 Å². The first-order valence-electron chi connectivity index (χ1n) is 11.5. The molecule has 4 rings (SSSR count). The number of carbonyl (C=O) groups is 2. The van der Waals surface area contributed by atoms with Gasteiger partial charge in [-0.3, -0.25) is 14.5 Å². The van der Waals surface area contributed by atoms with Crippen LogP contribution in [-0.4, -0.2) is 80.3 Å². The Morgan fingerprint density at radius 2 is 1.83 bits per heavy atom. The third kappa shape index (κ3) is 6.64. The van der Waals surface area contributed by atoms with Crippen LogP contribution < -0.4 is 5.32 Å². The monoisotopic (exact) mass is 497 g/mol. The average Bonchev–Trinajstić information content (AvgIpc) is 3.31. The van der Waals surface area contributed by atoms with Gasteiger partial charge in [-0.1, -0.05) is 43.8 Å². The van der Waals surface area contributed by atoms with Crippen molar-refractivity contribution in [2.45, 2.75) is 24.9 Å². The number of halogens is 1. The number of hydrogen-bond donors (Lipinski definition) is 1. The first-order chi connectivity index (χ1) is 16.9. The second kappa shape index (κ2) is 11.4. The molecule has 1 N–H and O–H groups in total. The van der Waals surface area contributed by atoms with E-state index in [0.717, 1.165) is 5.69 Å². The van der Waals surface area contributed by atoms with Gasteiger partial charge < -0.3 is 10.2 Å². The molecule has 0 bridgehead atoms. The SMILES string of the molecule is CC(C)c1ccc(-n2nnnc2SCC(=O)N2CCN(CC(=O)Nc3cccc(F)c3)CC2)cc1. The summed E-state index contributed by atoms with van der Waals surface area (Å²) >= 11 is 1.30. The lowest BCUT2D eigenvalue weighted by Gasteiger charge is -2.34. The second-order valence-electron chi connectivity index (χ2n) is 8.62. The van der Waals surface area contributed by atoms with Crippen molar-refractivity contribution in [3.8, 4) is 5.69 Å². The first-order valence-corrected chi connectivity index (χ1v) is 12.4. The Balaban J connectivity index is 1.23. The Kier molecular flexibility index (Phi) is 8.09. The molecule has 2 heterocycles. The van der Waals surface area contributed by atoms with Gasteiger partial charge in [0.15, 0.2) is 0 Å². The molecule has 184 valence electrons. The lowest BCUT2D eigenvalue weighted by Crippen LogP contribution is -2.50. The molecule has 2 aromatic carbocycles. The summed E-state index contributed by atoms with van der Waals surface area (Å²) in [6, 6.07) is 13.9. The molecular formula is C24H28FN7O2S. The highest BCUT2D eigenvalue weighted by molar-refractivity contribution is 7.99. The van der Waals surface area contributed by atoms with Crippen molar-refractivity contribution < 1.29 is 14.0 Å². The van der Waals surface area contributed by atoms with Gasteiger partial charge in [0.1, 0.15) is 5.82 Å². The number of tetrazole rings is 1. The summed E-state index contributed by atoms with van der Waals surface area (Å²) in [6.07, 6.45) is 0. The summed E-state index contributed by atoms with van der Waals surface area (Å²) in [5.74, 6) is 0.0612. The van der Waals surface area contributed by atoms with Crippen molar-refractivity contribution in [2.24, 2.45) is 0 Å². The van der Waals surface area contributed by atoms with Crippen molar-refractivity contribution in [3.63, 3.8) is 0 Å². The van der Waals surface area contributed by atoms with Gasteiger partial charge in [0.2, 0.25) is 17.0 Å². The molecule has 3 aromatic rings. The van der Waals surface area contributed by atoms with Crippen molar-refractivity contribution in [2.75, 3.05) is 43.8 Å². The minimum absolute atomic E-state index is 0.00330. The largest absolute Gasteiger partial charge is 0.339 e. The van der Waals surface area contributed by atoms with Crippen LogP contribution in [0.3, 0.4) is 0 Å². The number of anilines is 1. The third-order valence-corrected chi connectivity index (χ3v) is 6.67. The molecular weight excluding hydrogens is 469 g/mol. The smallest absolute Gasteiger partial charge is 0.238 e. The molecule has 0 aliphatic carbocycles. The van der Waals surface area contributed by atoms with E-state index in [1.165, 1.54) is 29.5 Å². The van der Waals surface area contributed by atoms with Crippen LogP contribution in [0.15, 0.2) is 53.7 Å². The van der Waals surface area contributed by atoms with Crippen molar-refractivity contribution in [1.29, 1.82) is 0 Å². The van der Waals surface area contributed by atoms with Gasteiger partial charge >= 0.3 is 0 Å². The van der Waals surface area contributed by atoms with Gasteiger partial charge in [-0.05, 0) is 52.2 Å². The lowest BCUT2D eigenvalue weighted by molar-refractivity contribution is -0.130. The van der Waals surface area contributed by atoms with Crippen molar-refractivity contribution >= 4 is 29.3 Å². The van der Waals surface area contributed by atoms with Crippen LogP contribution in [0.4, 0.5) is 10.1 Å². The first kappa shape index (κ1) is 24.8. The van der Waals surface area contributed by atoms with E-state index >= 15 is 0 Å². The number of hydrogen-bond acceptors (Lipinski definition) is 7. The van der Waals surface area contributed by atoms with Crippen LogP contribution in [0.1, 0.15) is 25.3 Å². The zero-order chi connectivity index (χ0) is 24.8. The number of benzene rings is 2. The van der Waals surface area contributed by atoms with Gasteiger partial charge in [0.25, 0.3) is 0 Å². The van der Waals surface area contributed by atoms with Crippen molar-refractivity contribution in [1.82, 2.24) is 30.0 Å². The predicted octanol–water partition coefficient (Wildman–Crippen LogP) is 2.80. The number of thioether (sulfide) groups is 1. The van der Waals surface area contributed by atoms with Gasteiger partial charge in [0.05, 0.1) is 18.0 Å². The number of nitrogens with zero attached hydrogens (tertiary/aromatic N) is 6. The fraction of sp³-hybridized carbons (Fsp3) is 0.375. The van der Waals surface area contributed by atoms with E-state index in [9.17, 15) is 14.0 Å². The molecule has 0 unspecified atom stereocenters. The van der Waals surface area contributed by atoms with Gasteiger partial charge in [-0.25, -0.2) is 4.39 Å². The highest BCUT2D eigenvalue weighted by Crippen LogP contribution is 2.21. The van der Waals surface area contributed by atoms with E-state index in [1.54, 1.807) is 21.7 Å². The molecule has 11 heteroatoms. The van der Waals surface area contributed by atoms with Gasteiger partial charge in [-0.2, -0.15) is 4.68 Å². The van der Waals surface area contributed by atoms with Gasteiger partial charge in [-0.15, -0.1) is 5.10 Å². The highest BCUT2D eigenvalue weighted by atomic mass is 32.2. The number of rotatable bonds is 8. The maximum absolute atomic E-state index is 13.3. The summed E-state index contributed by atoms with van der Waals surface area (Å²) in [5.41, 5.74) is 2.51.